The molecule has 2 nitrogen and oxygen atoms in total. The van der Waals surface area contributed by atoms with Gasteiger partial charge in [0.15, 0.2) is 0 Å². The van der Waals surface area contributed by atoms with Crippen LogP contribution in [0.2, 0.25) is 10.0 Å². The topological polar surface area (TPSA) is 32.3 Å². The standard InChI is InChI=1S/C13H19Cl2NOS/c1-3-16-13(2,9-17)6-7-18-10-4-5-11(14)12(15)8-10/h4-5,8,16-17H,3,6-7,9H2,1-2H3. The molecule has 2 N–H and O–H groups in total. The zero-order valence-corrected chi connectivity index (χ0v) is 13.0. The second-order valence-electron chi connectivity index (χ2n) is 4.42. The SMILES string of the molecule is CCNC(C)(CO)CCSc1ccc(Cl)c(Cl)c1. The molecule has 0 fully saturated rings. The molecule has 1 unspecified atom stereocenters. The third kappa shape index (κ3) is 4.98. The monoisotopic (exact) mass is 307 g/mol. The number of thioether (sulfide) groups is 1. The third-order valence-electron chi connectivity index (χ3n) is 2.77. The van der Waals surface area contributed by atoms with Gasteiger partial charge in [0.05, 0.1) is 16.7 Å². The summed E-state index contributed by atoms with van der Waals surface area (Å²) in [6.07, 6.45) is 0.891. The maximum atomic E-state index is 9.38. The van der Waals surface area contributed by atoms with E-state index in [1.54, 1.807) is 11.8 Å². The molecule has 0 saturated heterocycles. The average Bonchev–Trinajstić information content (AvgIpc) is 2.34. The molecule has 1 aromatic rings. The van der Waals surface area contributed by atoms with E-state index in [1.165, 1.54) is 0 Å². The minimum atomic E-state index is -0.210. The molecule has 5 heteroatoms. The Morgan fingerprint density at radius 2 is 2.06 bits per heavy atom. The van der Waals surface area contributed by atoms with Crippen molar-refractivity contribution in [2.75, 3.05) is 18.9 Å². The van der Waals surface area contributed by atoms with Gasteiger partial charge in [0.25, 0.3) is 0 Å². The Kier molecular flexibility index (Phi) is 6.82. The van der Waals surface area contributed by atoms with Crippen molar-refractivity contribution >= 4 is 35.0 Å². The van der Waals surface area contributed by atoms with Gasteiger partial charge in [0, 0.05) is 10.4 Å². The van der Waals surface area contributed by atoms with Crippen LogP contribution >= 0.6 is 35.0 Å². The lowest BCUT2D eigenvalue weighted by Gasteiger charge is -2.28. The second kappa shape index (κ2) is 7.61. The number of halogens is 2. The van der Waals surface area contributed by atoms with Crippen molar-refractivity contribution in [3.8, 4) is 0 Å². The highest BCUT2D eigenvalue weighted by Crippen LogP contribution is 2.29. The number of nitrogens with one attached hydrogen (secondary N) is 1. The lowest BCUT2D eigenvalue weighted by molar-refractivity contribution is 0.173. The van der Waals surface area contributed by atoms with E-state index >= 15 is 0 Å². The zero-order chi connectivity index (χ0) is 13.6. The molecule has 0 aliphatic rings. The van der Waals surface area contributed by atoms with Gasteiger partial charge in [-0.3, -0.25) is 0 Å². The smallest absolute Gasteiger partial charge is 0.0610 e. The van der Waals surface area contributed by atoms with Crippen LogP contribution in [-0.4, -0.2) is 29.5 Å². The molecule has 0 aliphatic heterocycles. The molecular weight excluding hydrogens is 289 g/mol. The van der Waals surface area contributed by atoms with Crippen molar-refractivity contribution in [2.24, 2.45) is 0 Å². The lowest BCUT2D eigenvalue weighted by Crippen LogP contribution is -2.46. The van der Waals surface area contributed by atoms with Crippen LogP contribution in [0.4, 0.5) is 0 Å². The summed E-state index contributed by atoms with van der Waals surface area (Å²) >= 11 is 13.5. The van der Waals surface area contributed by atoms with Gasteiger partial charge in [-0.25, -0.2) is 0 Å². The molecule has 0 saturated carbocycles. The summed E-state index contributed by atoms with van der Waals surface area (Å²) in [5.41, 5.74) is -0.210. The molecule has 0 spiro atoms. The highest BCUT2D eigenvalue weighted by molar-refractivity contribution is 7.99. The minimum Gasteiger partial charge on any atom is -0.394 e. The predicted octanol–water partition coefficient (Wildman–Crippen LogP) is 3.84. The number of likely N-dealkylation sites (N-methyl/N-ethyl adjacent to an activating group) is 1. The predicted molar refractivity (Wildman–Crippen MR) is 81.0 cm³/mol. The first kappa shape index (κ1) is 16.1. The van der Waals surface area contributed by atoms with Crippen molar-refractivity contribution in [1.82, 2.24) is 5.32 Å². The normalized spacial score (nSPS) is 14.5. The molecule has 1 atom stereocenters. The first-order chi connectivity index (χ1) is 8.50. The Hall–Kier alpha value is 0.0700. The van der Waals surface area contributed by atoms with Crippen LogP contribution in [0.3, 0.4) is 0 Å². The van der Waals surface area contributed by atoms with E-state index in [1.807, 2.05) is 32.0 Å². The molecule has 0 amide bonds. The molecular formula is C13H19Cl2NOS. The van der Waals surface area contributed by atoms with E-state index in [2.05, 4.69) is 5.32 Å². The molecule has 0 aromatic heterocycles. The number of rotatable bonds is 7. The van der Waals surface area contributed by atoms with Crippen LogP contribution in [0.5, 0.6) is 0 Å². The van der Waals surface area contributed by atoms with E-state index < -0.39 is 0 Å². The van der Waals surface area contributed by atoms with Crippen LogP contribution < -0.4 is 5.32 Å². The van der Waals surface area contributed by atoms with Crippen molar-refractivity contribution < 1.29 is 5.11 Å². The fourth-order valence-electron chi connectivity index (χ4n) is 1.61. The zero-order valence-electron chi connectivity index (χ0n) is 10.7. The summed E-state index contributed by atoms with van der Waals surface area (Å²) in [6.45, 7) is 5.07. The van der Waals surface area contributed by atoms with Crippen LogP contribution in [0.15, 0.2) is 23.1 Å². The Bertz CT molecular complexity index is 389. The number of hydrogen-bond donors (Lipinski definition) is 2. The van der Waals surface area contributed by atoms with Gasteiger partial charge < -0.3 is 10.4 Å². The number of aliphatic hydroxyl groups is 1. The van der Waals surface area contributed by atoms with Gasteiger partial charge in [0.2, 0.25) is 0 Å². The molecule has 0 aliphatic carbocycles. The minimum absolute atomic E-state index is 0.142. The number of aliphatic hydroxyl groups excluding tert-OH is 1. The van der Waals surface area contributed by atoms with Gasteiger partial charge in [-0.2, -0.15) is 0 Å². The molecule has 1 rings (SSSR count). The van der Waals surface area contributed by atoms with Gasteiger partial charge >= 0.3 is 0 Å². The second-order valence-corrected chi connectivity index (χ2v) is 6.41. The van der Waals surface area contributed by atoms with Crippen molar-refractivity contribution in [1.29, 1.82) is 0 Å². The van der Waals surface area contributed by atoms with Crippen molar-refractivity contribution in [3.63, 3.8) is 0 Å². The summed E-state index contributed by atoms with van der Waals surface area (Å²) in [5.74, 6) is 0.919. The molecule has 0 radical (unpaired) electrons. The van der Waals surface area contributed by atoms with Crippen LogP contribution in [0, 0.1) is 0 Å². The van der Waals surface area contributed by atoms with E-state index in [0.29, 0.717) is 10.0 Å². The van der Waals surface area contributed by atoms with Gasteiger partial charge in [-0.05, 0) is 43.8 Å². The van der Waals surface area contributed by atoms with E-state index in [9.17, 15) is 5.11 Å². The largest absolute Gasteiger partial charge is 0.394 e. The molecule has 0 bridgehead atoms. The van der Waals surface area contributed by atoms with Crippen molar-refractivity contribution in [3.05, 3.63) is 28.2 Å². The van der Waals surface area contributed by atoms with E-state index in [-0.39, 0.29) is 12.1 Å². The van der Waals surface area contributed by atoms with Gasteiger partial charge in [0.1, 0.15) is 0 Å². The highest BCUT2D eigenvalue weighted by Gasteiger charge is 2.21. The summed E-state index contributed by atoms with van der Waals surface area (Å²) in [4.78, 5) is 1.10. The lowest BCUT2D eigenvalue weighted by atomic mass is 10.0. The Morgan fingerprint density at radius 1 is 1.33 bits per heavy atom. The van der Waals surface area contributed by atoms with Crippen LogP contribution in [0.1, 0.15) is 20.3 Å². The van der Waals surface area contributed by atoms with Crippen LogP contribution in [-0.2, 0) is 0 Å². The van der Waals surface area contributed by atoms with E-state index in [0.717, 1.165) is 23.6 Å². The number of hydrogen-bond acceptors (Lipinski definition) is 3. The van der Waals surface area contributed by atoms with Crippen molar-refractivity contribution in [2.45, 2.75) is 30.7 Å². The maximum absolute atomic E-state index is 9.38. The van der Waals surface area contributed by atoms with Gasteiger partial charge in [-0.1, -0.05) is 30.1 Å². The quantitative estimate of drug-likeness (QED) is 0.751. The Labute approximate surface area is 123 Å². The number of benzene rings is 1. The average molecular weight is 308 g/mol. The summed E-state index contributed by atoms with van der Waals surface area (Å²) in [6, 6.07) is 5.64. The fraction of sp³-hybridized carbons (Fsp3) is 0.538. The molecule has 102 valence electrons. The molecule has 18 heavy (non-hydrogen) atoms. The summed E-state index contributed by atoms with van der Waals surface area (Å²) in [5, 5.41) is 13.8. The van der Waals surface area contributed by atoms with Crippen LogP contribution in [0.25, 0.3) is 0 Å². The first-order valence-corrected chi connectivity index (χ1v) is 7.68. The molecule has 0 heterocycles. The maximum Gasteiger partial charge on any atom is 0.0610 e. The first-order valence-electron chi connectivity index (χ1n) is 5.94. The Balaban J connectivity index is 2.47. The molecule has 1 aromatic carbocycles. The third-order valence-corrected chi connectivity index (χ3v) is 4.50. The Morgan fingerprint density at radius 3 is 2.61 bits per heavy atom. The summed E-state index contributed by atoms with van der Waals surface area (Å²) < 4.78 is 0. The summed E-state index contributed by atoms with van der Waals surface area (Å²) in [7, 11) is 0. The fourth-order valence-corrected chi connectivity index (χ4v) is 3.13. The highest BCUT2D eigenvalue weighted by atomic mass is 35.5. The van der Waals surface area contributed by atoms with Gasteiger partial charge in [-0.15, -0.1) is 11.8 Å². The van der Waals surface area contributed by atoms with E-state index in [4.69, 9.17) is 23.2 Å².